The number of nitrogens with one attached hydrogen (secondary N) is 3. The molecule has 3 N–H and O–H groups in total. The molecule has 0 aliphatic heterocycles. The van der Waals surface area contributed by atoms with Crippen LogP contribution >= 0.6 is 0 Å². The summed E-state index contributed by atoms with van der Waals surface area (Å²) in [5.74, 6) is 0. The molecule has 2 rings (SSSR count). The van der Waals surface area contributed by atoms with Crippen LogP contribution in [0.4, 0.5) is 10.5 Å². The summed E-state index contributed by atoms with van der Waals surface area (Å²) in [5.41, 5.74) is 1.89. The van der Waals surface area contributed by atoms with Crippen LogP contribution < -0.4 is 16.2 Å². The largest absolute Gasteiger partial charge is 0.332 e. The highest BCUT2D eigenvalue weighted by atomic mass is 16.2. The number of H-pyrrole nitrogens is 1. The molecule has 7 nitrogen and oxygen atoms in total. The normalized spacial score (nSPS) is 10.1. The van der Waals surface area contributed by atoms with E-state index in [4.69, 9.17) is 0 Å². The molecule has 0 bridgehead atoms. The molecule has 104 valence electrons. The number of nitrogens with zero attached hydrogens (tertiary/aromatic N) is 2. The lowest BCUT2D eigenvalue weighted by Gasteiger charge is -2.07. The van der Waals surface area contributed by atoms with Crippen molar-refractivity contribution < 1.29 is 4.79 Å². The molecule has 2 heterocycles. The number of carbonyl (C=O) groups is 1. The lowest BCUT2D eigenvalue weighted by atomic mass is 10.3. The van der Waals surface area contributed by atoms with Crippen LogP contribution in [0.1, 0.15) is 18.3 Å². The Balaban J connectivity index is 1.88. The number of hydrogen-bond donors (Lipinski definition) is 3. The smallest absolute Gasteiger partial charge is 0.319 e. The van der Waals surface area contributed by atoms with Gasteiger partial charge in [-0.3, -0.25) is 9.78 Å². The van der Waals surface area contributed by atoms with Crippen LogP contribution in [0.5, 0.6) is 0 Å². The van der Waals surface area contributed by atoms with E-state index in [0.717, 1.165) is 12.1 Å². The van der Waals surface area contributed by atoms with Crippen molar-refractivity contribution in [2.75, 3.05) is 5.32 Å². The Morgan fingerprint density at radius 1 is 1.30 bits per heavy atom. The van der Waals surface area contributed by atoms with Crippen molar-refractivity contribution in [1.82, 2.24) is 20.5 Å². The maximum Gasteiger partial charge on any atom is 0.319 e. The molecule has 0 aliphatic rings. The minimum absolute atomic E-state index is 0.230. The first kappa shape index (κ1) is 13.7. The molecule has 0 spiro atoms. The monoisotopic (exact) mass is 273 g/mol. The highest BCUT2D eigenvalue weighted by Gasteiger charge is 2.03. The van der Waals surface area contributed by atoms with Gasteiger partial charge in [0.25, 0.3) is 5.56 Å². The number of hydrogen-bond acceptors (Lipinski definition) is 4. The van der Waals surface area contributed by atoms with Gasteiger partial charge in [-0.2, -0.15) is 5.10 Å². The van der Waals surface area contributed by atoms with E-state index in [2.05, 4.69) is 25.8 Å². The highest BCUT2D eigenvalue weighted by Crippen LogP contribution is 2.08. The molecule has 0 aliphatic carbocycles. The molecule has 7 heteroatoms. The Hall–Kier alpha value is -2.70. The fraction of sp³-hybridized carbons (Fsp3) is 0.231. The van der Waals surface area contributed by atoms with E-state index in [0.29, 0.717) is 11.4 Å². The Morgan fingerprint density at radius 3 is 2.85 bits per heavy atom. The second kappa shape index (κ2) is 6.46. The molecule has 0 aromatic carbocycles. The van der Waals surface area contributed by atoms with Gasteiger partial charge >= 0.3 is 6.03 Å². The quantitative estimate of drug-likeness (QED) is 0.775. The Labute approximate surface area is 115 Å². The first-order chi connectivity index (χ1) is 9.67. The fourth-order valence-corrected chi connectivity index (χ4v) is 1.57. The van der Waals surface area contributed by atoms with E-state index < -0.39 is 0 Å². The molecule has 2 amide bonds. The number of aromatic amines is 1. The maximum absolute atomic E-state index is 11.7. The standard InChI is InChI=1S/C13H15N5O2/c1-2-9-7-10(5-6-14-9)16-13(20)15-8-11-3-4-12(19)18-17-11/h3-7H,2,8H2,1H3,(H,18,19)(H2,14,15,16,20). The molecule has 0 saturated carbocycles. The molecule has 2 aromatic rings. The summed E-state index contributed by atoms with van der Waals surface area (Å²) in [6.45, 7) is 2.22. The Bertz CT molecular complexity index is 633. The Morgan fingerprint density at radius 2 is 2.15 bits per heavy atom. The average Bonchev–Trinajstić information content (AvgIpc) is 2.47. The van der Waals surface area contributed by atoms with Gasteiger partial charge in [-0.25, -0.2) is 9.89 Å². The number of amides is 2. The van der Waals surface area contributed by atoms with Gasteiger partial charge in [0.15, 0.2) is 0 Å². The maximum atomic E-state index is 11.7. The minimum Gasteiger partial charge on any atom is -0.332 e. The summed E-state index contributed by atoms with van der Waals surface area (Å²) in [6, 6.07) is 6.11. The van der Waals surface area contributed by atoms with Gasteiger partial charge in [-0.1, -0.05) is 6.92 Å². The molecular weight excluding hydrogens is 258 g/mol. The van der Waals surface area contributed by atoms with Crippen LogP contribution in [0.25, 0.3) is 0 Å². The molecule has 0 unspecified atom stereocenters. The van der Waals surface area contributed by atoms with E-state index in [1.807, 2.05) is 13.0 Å². The number of urea groups is 1. The van der Waals surface area contributed by atoms with Gasteiger partial charge < -0.3 is 10.6 Å². The van der Waals surface area contributed by atoms with Crippen LogP contribution in [0, 0.1) is 0 Å². The van der Waals surface area contributed by atoms with Gasteiger partial charge in [0.2, 0.25) is 0 Å². The summed E-state index contributed by atoms with van der Waals surface area (Å²) in [6.07, 6.45) is 2.45. The third-order valence-electron chi connectivity index (χ3n) is 2.60. The SMILES string of the molecule is CCc1cc(NC(=O)NCc2ccc(=O)[nH]n2)ccn1. The van der Waals surface area contributed by atoms with E-state index >= 15 is 0 Å². The summed E-state index contributed by atoms with van der Waals surface area (Å²) in [7, 11) is 0. The number of rotatable bonds is 4. The first-order valence-corrected chi connectivity index (χ1v) is 6.22. The van der Waals surface area contributed by atoms with Gasteiger partial charge in [-0.15, -0.1) is 0 Å². The van der Waals surface area contributed by atoms with Crippen molar-refractivity contribution in [1.29, 1.82) is 0 Å². The topological polar surface area (TPSA) is 99.8 Å². The van der Waals surface area contributed by atoms with Gasteiger partial charge in [0, 0.05) is 23.6 Å². The predicted molar refractivity (Wildman–Crippen MR) is 74.3 cm³/mol. The number of aromatic nitrogens is 3. The van der Waals surface area contributed by atoms with Gasteiger partial charge in [0.05, 0.1) is 12.2 Å². The fourth-order valence-electron chi connectivity index (χ4n) is 1.57. The van der Waals surface area contributed by atoms with Gasteiger partial charge in [-0.05, 0) is 24.6 Å². The number of carbonyl (C=O) groups excluding carboxylic acids is 1. The Kier molecular flexibility index (Phi) is 4.43. The number of aryl methyl sites for hydroxylation is 1. The van der Waals surface area contributed by atoms with E-state index in [1.165, 1.54) is 6.07 Å². The zero-order chi connectivity index (χ0) is 14.4. The molecule has 20 heavy (non-hydrogen) atoms. The van der Waals surface area contributed by atoms with Crippen molar-refractivity contribution >= 4 is 11.7 Å². The van der Waals surface area contributed by atoms with Crippen molar-refractivity contribution in [2.24, 2.45) is 0 Å². The lowest BCUT2D eigenvalue weighted by molar-refractivity contribution is 0.251. The summed E-state index contributed by atoms with van der Waals surface area (Å²) in [5, 5.41) is 11.5. The molecule has 0 fully saturated rings. The van der Waals surface area contributed by atoms with Crippen LogP contribution in [0.3, 0.4) is 0 Å². The van der Waals surface area contributed by atoms with Crippen LogP contribution in [-0.4, -0.2) is 21.2 Å². The van der Waals surface area contributed by atoms with E-state index in [1.54, 1.807) is 18.3 Å². The average molecular weight is 273 g/mol. The highest BCUT2D eigenvalue weighted by molar-refractivity contribution is 5.89. The zero-order valence-electron chi connectivity index (χ0n) is 11.0. The number of pyridine rings is 1. The van der Waals surface area contributed by atoms with E-state index in [-0.39, 0.29) is 18.1 Å². The molecule has 0 saturated heterocycles. The van der Waals surface area contributed by atoms with Crippen LogP contribution in [-0.2, 0) is 13.0 Å². The minimum atomic E-state index is -0.341. The summed E-state index contributed by atoms with van der Waals surface area (Å²) in [4.78, 5) is 26.7. The van der Waals surface area contributed by atoms with Crippen molar-refractivity contribution in [3.63, 3.8) is 0 Å². The van der Waals surface area contributed by atoms with Gasteiger partial charge in [0.1, 0.15) is 0 Å². The molecule has 0 radical (unpaired) electrons. The number of anilines is 1. The van der Waals surface area contributed by atoms with E-state index in [9.17, 15) is 9.59 Å². The third-order valence-corrected chi connectivity index (χ3v) is 2.60. The second-order valence-electron chi connectivity index (χ2n) is 4.11. The van der Waals surface area contributed by atoms with Crippen LogP contribution in [0.15, 0.2) is 35.3 Å². The molecule has 0 atom stereocenters. The van der Waals surface area contributed by atoms with Crippen molar-refractivity contribution in [2.45, 2.75) is 19.9 Å². The third kappa shape index (κ3) is 3.91. The lowest BCUT2D eigenvalue weighted by Crippen LogP contribution is -2.29. The van der Waals surface area contributed by atoms with Crippen molar-refractivity contribution in [3.05, 3.63) is 52.2 Å². The summed E-state index contributed by atoms with van der Waals surface area (Å²) < 4.78 is 0. The molecule has 2 aromatic heterocycles. The van der Waals surface area contributed by atoms with Crippen molar-refractivity contribution in [3.8, 4) is 0 Å². The summed E-state index contributed by atoms with van der Waals surface area (Å²) >= 11 is 0. The second-order valence-corrected chi connectivity index (χ2v) is 4.11. The predicted octanol–water partition coefficient (Wildman–Crippen LogP) is 1.05. The first-order valence-electron chi connectivity index (χ1n) is 6.22. The zero-order valence-corrected chi connectivity index (χ0v) is 11.0. The van der Waals surface area contributed by atoms with Crippen LogP contribution in [0.2, 0.25) is 0 Å². The molecular formula is C13H15N5O2.